The molecular weight excluding hydrogens is 276 g/mol. The molecule has 1 saturated heterocycles. The Morgan fingerprint density at radius 1 is 1.50 bits per heavy atom. The smallest absolute Gasteiger partial charge is 0.254 e. The van der Waals surface area contributed by atoms with Crippen molar-refractivity contribution in [2.24, 2.45) is 0 Å². The molecular formula is C15H21ClN2O2. The number of carbonyl (C=O) groups excluding carboxylic acids is 1. The number of carbonyl (C=O) groups is 1. The fraction of sp³-hybridized carbons (Fsp3) is 0.600. The Morgan fingerprint density at radius 3 is 2.90 bits per heavy atom. The number of amides is 1. The van der Waals surface area contributed by atoms with Gasteiger partial charge in [-0.2, -0.15) is 0 Å². The van der Waals surface area contributed by atoms with Gasteiger partial charge in [0.15, 0.2) is 0 Å². The monoisotopic (exact) mass is 296 g/mol. The number of nitrogens with zero attached hydrogens (tertiary/aromatic N) is 2. The third-order valence-electron chi connectivity index (χ3n) is 3.57. The van der Waals surface area contributed by atoms with Crippen LogP contribution in [0, 0.1) is 0 Å². The summed E-state index contributed by atoms with van der Waals surface area (Å²) < 4.78 is 5.61. The van der Waals surface area contributed by atoms with Gasteiger partial charge in [-0.05, 0) is 38.3 Å². The first-order valence-corrected chi connectivity index (χ1v) is 7.59. The third kappa shape index (κ3) is 3.70. The predicted octanol–water partition coefficient (Wildman–Crippen LogP) is 2.94. The van der Waals surface area contributed by atoms with Crippen LogP contribution in [0.5, 0.6) is 0 Å². The predicted molar refractivity (Wildman–Crippen MR) is 79.2 cm³/mol. The maximum atomic E-state index is 12.6. The van der Waals surface area contributed by atoms with Crippen molar-refractivity contribution in [3.8, 4) is 0 Å². The van der Waals surface area contributed by atoms with Crippen LogP contribution >= 0.6 is 11.6 Å². The Hall–Kier alpha value is -1.13. The maximum absolute atomic E-state index is 12.6. The maximum Gasteiger partial charge on any atom is 0.254 e. The third-order valence-corrected chi connectivity index (χ3v) is 3.77. The summed E-state index contributed by atoms with van der Waals surface area (Å²) in [6, 6.07) is 3.47. The topological polar surface area (TPSA) is 42.4 Å². The molecule has 5 heteroatoms. The van der Waals surface area contributed by atoms with E-state index < -0.39 is 0 Å². The quantitative estimate of drug-likeness (QED) is 0.785. The highest BCUT2D eigenvalue weighted by Crippen LogP contribution is 2.17. The molecule has 1 fully saturated rings. The number of hydrogen-bond acceptors (Lipinski definition) is 3. The van der Waals surface area contributed by atoms with Gasteiger partial charge in [-0.15, -0.1) is 0 Å². The SMILES string of the molecule is CCc1cc(C(=O)N(CC)CC2CCCO2)cc(Cl)n1. The van der Waals surface area contributed by atoms with Crippen molar-refractivity contribution in [3.05, 3.63) is 28.5 Å². The van der Waals surface area contributed by atoms with Crippen LogP contribution in [0.3, 0.4) is 0 Å². The summed E-state index contributed by atoms with van der Waals surface area (Å²) >= 11 is 5.98. The average Bonchev–Trinajstić information content (AvgIpc) is 2.96. The molecule has 1 aliphatic heterocycles. The van der Waals surface area contributed by atoms with Crippen molar-refractivity contribution in [1.29, 1.82) is 0 Å². The van der Waals surface area contributed by atoms with Crippen LogP contribution in [0.2, 0.25) is 5.15 Å². The van der Waals surface area contributed by atoms with E-state index in [1.54, 1.807) is 6.07 Å². The number of ether oxygens (including phenoxy) is 1. The summed E-state index contributed by atoms with van der Waals surface area (Å²) in [4.78, 5) is 18.6. The van der Waals surface area contributed by atoms with Crippen LogP contribution in [-0.4, -0.2) is 41.6 Å². The van der Waals surface area contributed by atoms with Crippen LogP contribution in [0.1, 0.15) is 42.7 Å². The average molecular weight is 297 g/mol. The van der Waals surface area contributed by atoms with Gasteiger partial charge in [0.1, 0.15) is 5.15 Å². The molecule has 20 heavy (non-hydrogen) atoms. The van der Waals surface area contributed by atoms with Crippen molar-refractivity contribution < 1.29 is 9.53 Å². The molecule has 2 rings (SSSR count). The zero-order valence-electron chi connectivity index (χ0n) is 12.1. The van der Waals surface area contributed by atoms with Crippen LogP contribution in [-0.2, 0) is 11.2 Å². The van der Waals surface area contributed by atoms with E-state index in [2.05, 4.69) is 4.98 Å². The minimum absolute atomic E-state index is 0.00185. The second-order valence-electron chi connectivity index (χ2n) is 5.00. The summed E-state index contributed by atoms with van der Waals surface area (Å²) in [6.07, 6.45) is 3.04. The summed E-state index contributed by atoms with van der Waals surface area (Å²) in [6.45, 7) is 6.10. The Balaban J connectivity index is 2.12. The molecule has 0 bridgehead atoms. The molecule has 0 N–H and O–H groups in total. The number of rotatable bonds is 5. The summed E-state index contributed by atoms with van der Waals surface area (Å²) in [5.41, 5.74) is 1.45. The fourth-order valence-electron chi connectivity index (χ4n) is 2.43. The highest BCUT2D eigenvalue weighted by molar-refractivity contribution is 6.29. The molecule has 110 valence electrons. The Morgan fingerprint density at radius 2 is 2.30 bits per heavy atom. The zero-order chi connectivity index (χ0) is 14.5. The fourth-order valence-corrected chi connectivity index (χ4v) is 2.65. The van der Waals surface area contributed by atoms with Gasteiger partial charge in [0.25, 0.3) is 5.91 Å². The second-order valence-corrected chi connectivity index (χ2v) is 5.39. The lowest BCUT2D eigenvalue weighted by molar-refractivity contribution is 0.0539. The standard InChI is InChI=1S/C15H21ClN2O2/c1-3-12-8-11(9-14(16)17-12)15(19)18(4-2)10-13-6-5-7-20-13/h8-9,13H,3-7,10H2,1-2H3. The molecule has 1 aliphatic rings. The van der Waals surface area contributed by atoms with Crippen molar-refractivity contribution in [3.63, 3.8) is 0 Å². The van der Waals surface area contributed by atoms with Crippen LogP contribution < -0.4 is 0 Å². The lowest BCUT2D eigenvalue weighted by Crippen LogP contribution is -2.37. The van der Waals surface area contributed by atoms with Crippen molar-refractivity contribution in [2.45, 2.75) is 39.2 Å². The molecule has 4 nitrogen and oxygen atoms in total. The first kappa shape index (κ1) is 15.3. The number of hydrogen-bond donors (Lipinski definition) is 0. The number of aromatic nitrogens is 1. The van der Waals surface area contributed by atoms with Crippen LogP contribution in [0.25, 0.3) is 0 Å². The first-order valence-electron chi connectivity index (χ1n) is 7.21. The van der Waals surface area contributed by atoms with Gasteiger partial charge in [-0.1, -0.05) is 18.5 Å². The Bertz CT molecular complexity index is 473. The van der Waals surface area contributed by atoms with Crippen LogP contribution in [0.15, 0.2) is 12.1 Å². The molecule has 1 unspecified atom stereocenters. The zero-order valence-corrected chi connectivity index (χ0v) is 12.8. The van der Waals surface area contributed by atoms with Gasteiger partial charge in [0.2, 0.25) is 0 Å². The van der Waals surface area contributed by atoms with E-state index in [0.29, 0.717) is 23.8 Å². The molecule has 1 amide bonds. The molecule has 0 radical (unpaired) electrons. The van der Waals surface area contributed by atoms with Gasteiger partial charge in [0.05, 0.1) is 6.10 Å². The van der Waals surface area contributed by atoms with Crippen molar-refractivity contribution in [1.82, 2.24) is 9.88 Å². The Kier molecular flexibility index (Phi) is 5.38. The van der Waals surface area contributed by atoms with Crippen molar-refractivity contribution in [2.75, 3.05) is 19.7 Å². The molecule has 0 saturated carbocycles. The van der Waals surface area contributed by atoms with Gasteiger partial charge >= 0.3 is 0 Å². The van der Waals surface area contributed by atoms with Gasteiger partial charge < -0.3 is 9.64 Å². The molecule has 1 aromatic rings. The van der Waals surface area contributed by atoms with Crippen LogP contribution in [0.4, 0.5) is 0 Å². The summed E-state index contributed by atoms with van der Waals surface area (Å²) in [5.74, 6) is 0.00185. The molecule has 0 spiro atoms. The number of halogens is 1. The van der Waals surface area contributed by atoms with E-state index in [-0.39, 0.29) is 12.0 Å². The van der Waals surface area contributed by atoms with E-state index in [9.17, 15) is 4.79 Å². The Labute approximate surface area is 125 Å². The molecule has 2 heterocycles. The highest BCUT2D eigenvalue weighted by atomic mass is 35.5. The lowest BCUT2D eigenvalue weighted by atomic mass is 10.1. The minimum Gasteiger partial charge on any atom is -0.376 e. The minimum atomic E-state index is 0.00185. The number of likely N-dealkylation sites (N-methyl/N-ethyl adjacent to an activating group) is 1. The van der Waals surface area contributed by atoms with E-state index in [1.165, 1.54) is 0 Å². The van der Waals surface area contributed by atoms with Crippen molar-refractivity contribution >= 4 is 17.5 Å². The molecule has 1 aromatic heterocycles. The van der Waals surface area contributed by atoms with E-state index in [0.717, 1.165) is 31.6 Å². The lowest BCUT2D eigenvalue weighted by Gasteiger charge is -2.24. The van der Waals surface area contributed by atoms with E-state index in [1.807, 2.05) is 24.8 Å². The van der Waals surface area contributed by atoms with Gasteiger partial charge in [-0.3, -0.25) is 4.79 Å². The largest absolute Gasteiger partial charge is 0.376 e. The molecule has 0 aliphatic carbocycles. The highest BCUT2D eigenvalue weighted by Gasteiger charge is 2.22. The summed E-state index contributed by atoms with van der Waals surface area (Å²) in [5, 5.41) is 0.376. The first-order chi connectivity index (χ1) is 9.63. The summed E-state index contributed by atoms with van der Waals surface area (Å²) in [7, 11) is 0. The van der Waals surface area contributed by atoms with E-state index in [4.69, 9.17) is 16.3 Å². The number of aryl methyl sites for hydroxylation is 1. The van der Waals surface area contributed by atoms with E-state index >= 15 is 0 Å². The normalized spacial score (nSPS) is 18.2. The second kappa shape index (κ2) is 7.04. The van der Waals surface area contributed by atoms with Gasteiger partial charge in [-0.25, -0.2) is 4.98 Å². The number of pyridine rings is 1. The molecule has 0 aromatic carbocycles. The van der Waals surface area contributed by atoms with Gasteiger partial charge in [0, 0.05) is 31.0 Å². The molecule has 1 atom stereocenters.